The molecule has 174 valence electrons. The van der Waals surface area contributed by atoms with Crippen molar-refractivity contribution in [2.24, 2.45) is 34.5 Å². The van der Waals surface area contributed by atoms with E-state index in [4.69, 9.17) is 4.74 Å². The molecule has 0 radical (unpaired) electrons. The van der Waals surface area contributed by atoms with Gasteiger partial charge in [-0.1, -0.05) is 32.4 Å². The third kappa shape index (κ3) is 3.45. The summed E-state index contributed by atoms with van der Waals surface area (Å²) >= 11 is 0. The van der Waals surface area contributed by atoms with E-state index in [1.165, 1.54) is 25.7 Å². The van der Waals surface area contributed by atoms with Crippen molar-refractivity contribution < 1.29 is 19.4 Å². The van der Waals surface area contributed by atoms with E-state index in [1.807, 2.05) is 6.07 Å². The van der Waals surface area contributed by atoms with Gasteiger partial charge in [0.15, 0.2) is 0 Å². The molecule has 4 fully saturated rings. The number of esters is 1. The number of benzene rings is 1. The molecular formula is C28H38O4. The van der Waals surface area contributed by atoms with Crippen molar-refractivity contribution in [3.05, 3.63) is 35.4 Å². The standard InChI is InChI=1S/C28H38O4/c1-17(29)18-6-4-7-19(14-18)26(31)32-21-11-13-27(2)20(15-21)9-10-22-23-8-5-12-28(23,3)25(30)16-24(22)27/h4,6-7,14,17,20-24,29H,5,8-13,15-16H2,1-3H3/t17-,20+,21-,22?,23?,24?,27-,28-/m0/s1. The van der Waals surface area contributed by atoms with Gasteiger partial charge in [0.1, 0.15) is 11.9 Å². The Morgan fingerprint density at radius 1 is 1.12 bits per heavy atom. The molecule has 0 saturated heterocycles. The second-order valence-electron chi connectivity index (χ2n) is 11.7. The molecule has 0 spiro atoms. The van der Waals surface area contributed by atoms with Gasteiger partial charge in [-0.2, -0.15) is 0 Å². The molecule has 32 heavy (non-hydrogen) atoms. The van der Waals surface area contributed by atoms with Gasteiger partial charge >= 0.3 is 5.97 Å². The molecule has 4 aliphatic carbocycles. The van der Waals surface area contributed by atoms with Crippen LogP contribution in [0.1, 0.15) is 101 Å². The van der Waals surface area contributed by atoms with Crippen molar-refractivity contribution in [2.45, 2.75) is 90.8 Å². The van der Waals surface area contributed by atoms with Crippen molar-refractivity contribution in [1.82, 2.24) is 0 Å². The molecule has 3 unspecified atom stereocenters. The van der Waals surface area contributed by atoms with Gasteiger partial charge in [0.25, 0.3) is 0 Å². The van der Waals surface area contributed by atoms with Gasteiger partial charge in [-0.25, -0.2) is 4.79 Å². The fourth-order valence-corrected chi connectivity index (χ4v) is 8.18. The second kappa shape index (κ2) is 7.97. The van der Waals surface area contributed by atoms with Crippen LogP contribution in [0.3, 0.4) is 0 Å². The number of aliphatic hydroxyl groups excluding tert-OH is 1. The summed E-state index contributed by atoms with van der Waals surface area (Å²) in [5.41, 5.74) is 1.38. The zero-order valence-corrected chi connectivity index (χ0v) is 19.8. The lowest BCUT2D eigenvalue weighted by Crippen LogP contribution is -2.56. The minimum absolute atomic E-state index is 0.0524. The molecule has 1 aromatic rings. The number of hydrogen-bond acceptors (Lipinski definition) is 4. The average Bonchev–Trinajstić information content (AvgIpc) is 3.18. The van der Waals surface area contributed by atoms with Crippen molar-refractivity contribution in [2.75, 3.05) is 0 Å². The maximum Gasteiger partial charge on any atom is 0.338 e. The Labute approximate surface area is 192 Å². The van der Waals surface area contributed by atoms with Crippen LogP contribution in [-0.2, 0) is 9.53 Å². The molecular weight excluding hydrogens is 400 g/mol. The van der Waals surface area contributed by atoms with Crippen molar-refractivity contribution in [3.63, 3.8) is 0 Å². The van der Waals surface area contributed by atoms with Crippen LogP contribution in [0.2, 0.25) is 0 Å². The van der Waals surface area contributed by atoms with Crippen molar-refractivity contribution in [1.29, 1.82) is 0 Å². The summed E-state index contributed by atoms with van der Waals surface area (Å²) in [6, 6.07) is 7.12. The van der Waals surface area contributed by atoms with Gasteiger partial charge < -0.3 is 9.84 Å². The molecule has 0 heterocycles. The molecule has 1 N–H and O–H groups in total. The van der Waals surface area contributed by atoms with E-state index < -0.39 is 6.10 Å². The number of carbonyl (C=O) groups is 2. The summed E-state index contributed by atoms with van der Waals surface area (Å²) < 4.78 is 5.96. The lowest BCUT2D eigenvalue weighted by Gasteiger charge is -2.59. The van der Waals surface area contributed by atoms with E-state index in [0.717, 1.165) is 37.7 Å². The monoisotopic (exact) mass is 438 g/mol. The molecule has 4 heteroatoms. The summed E-state index contributed by atoms with van der Waals surface area (Å²) in [7, 11) is 0. The third-order valence-corrected chi connectivity index (χ3v) is 10.2. The maximum atomic E-state index is 13.2. The minimum Gasteiger partial charge on any atom is -0.459 e. The number of carbonyl (C=O) groups excluding carboxylic acids is 2. The molecule has 5 rings (SSSR count). The zero-order valence-electron chi connectivity index (χ0n) is 19.8. The van der Waals surface area contributed by atoms with E-state index in [2.05, 4.69) is 13.8 Å². The fourth-order valence-electron chi connectivity index (χ4n) is 8.18. The lowest BCUT2D eigenvalue weighted by atomic mass is 9.45. The summed E-state index contributed by atoms with van der Waals surface area (Å²) in [6.07, 6.45) is 8.92. The highest BCUT2D eigenvalue weighted by molar-refractivity contribution is 5.89. The highest BCUT2D eigenvalue weighted by atomic mass is 16.5. The first-order chi connectivity index (χ1) is 15.2. The van der Waals surface area contributed by atoms with Crippen LogP contribution >= 0.6 is 0 Å². The van der Waals surface area contributed by atoms with Crippen LogP contribution in [0, 0.1) is 34.5 Å². The van der Waals surface area contributed by atoms with Crippen LogP contribution in [0.4, 0.5) is 0 Å². The highest BCUT2D eigenvalue weighted by Crippen LogP contribution is 2.65. The van der Waals surface area contributed by atoms with Crippen LogP contribution in [-0.4, -0.2) is 23.0 Å². The maximum absolute atomic E-state index is 13.2. The number of fused-ring (bicyclic) bond motifs is 5. The second-order valence-corrected chi connectivity index (χ2v) is 11.7. The Morgan fingerprint density at radius 3 is 2.72 bits per heavy atom. The number of ketones is 1. The predicted octanol–water partition coefficient (Wildman–Crippen LogP) is 5.88. The molecule has 0 aromatic heterocycles. The normalized spacial score (nSPS) is 41.9. The lowest BCUT2D eigenvalue weighted by molar-refractivity contribution is -0.155. The minimum atomic E-state index is -0.603. The van der Waals surface area contributed by atoms with Gasteiger partial charge in [-0.3, -0.25) is 4.79 Å². The van der Waals surface area contributed by atoms with Crippen molar-refractivity contribution >= 4 is 11.8 Å². The third-order valence-electron chi connectivity index (χ3n) is 10.2. The highest BCUT2D eigenvalue weighted by Gasteiger charge is 2.61. The molecule has 8 atom stereocenters. The first kappa shape index (κ1) is 22.1. The van der Waals surface area contributed by atoms with E-state index in [0.29, 0.717) is 35.0 Å². The molecule has 1 aromatic carbocycles. The number of ether oxygens (including phenoxy) is 1. The molecule has 0 aliphatic heterocycles. The average molecular weight is 439 g/mol. The van der Waals surface area contributed by atoms with Crippen LogP contribution in [0.15, 0.2) is 24.3 Å². The first-order valence-electron chi connectivity index (χ1n) is 12.7. The number of aliphatic hydroxyl groups is 1. The summed E-state index contributed by atoms with van der Waals surface area (Å²) in [6.45, 7) is 6.39. The zero-order chi connectivity index (χ0) is 22.7. The fraction of sp³-hybridized carbons (Fsp3) is 0.714. The first-order valence-corrected chi connectivity index (χ1v) is 12.7. The number of Topliss-reactive ketones (excluding diaryl/α,β-unsaturated/α-hetero) is 1. The molecule has 4 saturated carbocycles. The molecule has 4 nitrogen and oxygen atoms in total. The SMILES string of the molecule is C[C@H](O)c1cccc(C(=O)O[C@H]2CC[C@]3(C)C4CC(=O)[C@@]5(C)CCCC5C4CC[C@@H]3C2)c1. The molecule has 0 amide bonds. The molecule has 0 bridgehead atoms. The van der Waals surface area contributed by atoms with Gasteiger partial charge in [-0.15, -0.1) is 0 Å². The predicted molar refractivity (Wildman–Crippen MR) is 123 cm³/mol. The molecule has 4 aliphatic rings. The van der Waals surface area contributed by atoms with Crippen LogP contribution in [0.25, 0.3) is 0 Å². The summed E-state index contributed by atoms with van der Waals surface area (Å²) in [5.74, 6) is 2.55. The largest absolute Gasteiger partial charge is 0.459 e. The Hall–Kier alpha value is -1.68. The Bertz CT molecular complexity index is 906. The van der Waals surface area contributed by atoms with Crippen molar-refractivity contribution in [3.8, 4) is 0 Å². The summed E-state index contributed by atoms with van der Waals surface area (Å²) in [5, 5.41) is 9.82. The quantitative estimate of drug-likeness (QED) is 0.599. The van der Waals surface area contributed by atoms with Gasteiger partial charge in [0.2, 0.25) is 0 Å². The van der Waals surface area contributed by atoms with Gasteiger partial charge in [0.05, 0.1) is 11.7 Å². The van der Waals surface area contributed by atoms with Crippen LogP contribution < -0.4 is 0 Å². The number of rotatable bonds is 3. The smallest absolute Gasteiger partial charge is 0.338 e. The van der Waals surface area contributed by atoms with Crippen LogP contribution in [0.5, 0.6) is 0 Å². The van der Waals surface area contributed by atoms with E-state index in [9.17, 15) is 14.7 Å². The Balaban J connectivity index is 1.28. The van der Waals surface area contributed by atoms with E-state index in [-0.39, 0.29) is 22.9 Å². The summed E-state index contributed by atoms with van der Waals surface area (Å²) in [4.78, 5) is 26.0. The topological polar surface area (TPSA) is 63.6 Å². The van der Waals surface area contributed by atoms with Gasteiger partial charge in [-0.05, 0) is 98.7 Å². The van der Waals surface area contributed by atoms with Gasteiger partial charge in [0, 0.05) is 11.8 Å². The van der Waals surface area contributed by atoms with E-state index in [1.54, 1.807) is 25.1 Å². The number of hydrogen-bond donors (Lipinski definition) is 1. The van der Waals surface area contributed by atoms with E-state index >= 15 is 0 Å². The Morgan fingerprint density at radius 2 is 1.94 bits per heavy atom. The Kier molecular flexibility index (Phi) is 5.51.